The summed E-state index contributed by atoms with van der Waals surface area (Å²) in [5, 5.41) is 8.37. The third-order valence-corrected chi connectivity index (χ3v) is 5.84. The van der Waals surface area contributed by atoms with Gasteiger partial charge in [-0.05, 0) is 47.8 Å². The Morgan fingerprint density at radius 3 is 2.41 bits per heavy atom. The Morgan fingerprint density at radius 1 is 0.844 bits per heavy atom. The molecule has 0 unspecified atom stereocenters. The van der Waals surface area contributed by atoms with Crippen molar-refractivity contribution in [2.24, 2.45) is 0 Å². The number of carbonyl (C=O) groups is 3. The monoisotopic (exact) mass is 446 g/mol. The highest BCUT2D eigenvalue weighted by atomic mass is 32.1. The minimum Gasteiger partial charge on any atom is -0.456 e. The van der Waals surface area contributed by atoms with Gasteiger partial charge in [0, 0.05) is 42.4 Å². The van der Waals surface area contributed by atoms with Gasteiger partial charge in [0.2, 0.25) is 11.8 Å². The molecular formula is C25H22N2O4S. The molecule has 162 valence electrons. The van der Waals surface area contributed by atoms with Crippen LogP contribution < -0.4 is 10.6 Å². The quantitative estimate of drug-likeness (QED) is 0.343. The number of Topliss-reactive ketones (excluding diaryl/α,β-unsaturated/α-hetero) is 1. The van der Waals surface area contributed by atoms with Crippen LogP contribution in [0.25, 0.3) is 22.3 Å². The Labute approximate surface area is 189 Å². The summed E-state index contributed by atoms with van der Waals surface area (Å²) < 4.78 is 5.86. The molecule has 4 rings (SSSR count). The molecule has 6 nitrogen and oxygen atoms in total. The number of hydrogen-bond donors (Lipinski definition) is 2. The average Bonchev–Trinajstić information content (AvgIpc) is 3.48. The molecule has 0 bridgehead atoms. The Hall–Kier alpha value is -3.71. The van der Waals surface area contributed by atoms with Gasteiger partial charge in [0.1, 0.15) is 11.3 Å². The number of rotatable bonds is 9. The largest absolute Gasteiger partial charge is 0.456 e. The molecule has 2 heterocycles. The third kappa shape index (κ3) is 5.50. The molecule has 4 aromatic rings. The molecule has 2 amide bonds. The maximum Gasteiger partial charge on any atom is 0.226 e. The first kappa shape index (κ1) is 21.5. The fraction of sp³-hybridized carbons (Fsp3) is 0.160. The summed E-state index contributed by atoms with van der Waals surface area (Å²) >= 11 is 1.37. The predicted octanol–water partition coefficient (Wildman–Crippen LogP) is 5.27. The van der Waals surface area contributed by atoms with E-state index in [0.29, 0.717) is 10.6 Å². The van der Waals surface area contributed by atoms with Gasteiger partial charge < -0.3 is 15.1 Å². The van der Waals surface area contributed by atoms with E-state index >= 15 is 0 Å². The van der Waals surface area contributed by atoms with E-state index < -0.39 is 0 Å². The lowest BCUT2D eigenvalue weighted by Crippen LogP contribution is -2.27. The van der Waals surface area contributed by atoms with Gasteiger partial charge in [0.15, 0.2) is 5.78 Å². The van der Waals surface area contributed by atoms with Crippen molar-refractivity contribution in [1.82, 2.24) is 5.32 Å². The Balaban J connectivity index is 1.20. The summed E-state index contributed by atoms with van der Waals surface area (Å²) in [4.78, 5) is 36.6. The molecule has 0 atom stereocenters. The van der Waals surface area contributed by atoms with Gasteiger partial charge in [-0.3, -0.25) is 14.4 Å². The standard InChI is InChI=1S/C25H22N2O4S/c28-20(23-6-3-15-32-23)11-12-24(29)26-14-13-25(30)27-19-9-7-17(8-10-19)22-16-18-4-1-2-5-21(18)31-22/h1-10,15-16H,11-14H2,(H,26,29)(H,27,30). The average molecular weight is 447 g/mol. The number of furan rings is 1. The second-order valence-corrected chi connectivity index (χ2v) is 8.22. The van der Waals surface area contributed by atoms with E-state index in [1.807, 2.05) is 66.0 Å². The maximum atomic E-state index is 12.2. The number of benzene rings is 2. The fourth-order valence-corrected chi connectivity index (χ4v) is 3.95. The van der Waals surface area contributed by atoms with E-state index in [-0.39, 0.29) is 43.4 Å². The van der Waals surface area contributed by atoms with Crippen LogP contribution in [0.5, 0.6) is 0 Å². The van der Waals surface area contributed by atoms with Crippen LogP contribution in [0.2, 0.25) is 0 Å². The van der Waals surface area contributed by atoms with Crippen molar-refractivity contribution in [2.75, 3.05) is 11.9 Å². The van der Waals surface area contributed by atoms with Crippen molar-refractivity contribution in [1.29, 1.82) is 0 Å². The number of fused-ring (bicyclic) bond motifs is 1. The molecule has 2 aromatic carbocycles. The van der Waals surface area contributed by atoms with Crippen LogP contribution in [-0.2, 0) is 9.59 Å². The van der Waals surface area contributed by atoms with E-state index in [0.717, 1.165) is 22.3 Å². The number of para-hydroxylation sites is 1. The predicted molar refractivity (Wildman–Crippen MR) is 126 cm³/mol. The molecule has 0 saturated carbocycles. The molecular weight excluding hydrogens is 424 g/mol. The molecule has 0 spiro atoms. The number of amides is 2. The lowest BCUT2D eigenvalue weighted by molar-refractivity contribution is -0.121. The van der Waals surface area contributed by atoms with Crippen LogP contribution in [0.3, 0.4) is 0 Å². The van der Waals surface area contributed by atoms with E-state index in [4.69, 9.17) is 4.42 Å². The maximum absolute atomic E-state index is 12.2. The van der Waals surface area contributed by atoms with E-state index in [9.17, 15) is 14.4 Å². The first-order chi connectivity index (χ1) is 15.6. The van der Waals surface area contributed by atoms with Crippen molar-refractivity contribution in [3.8, 4) is 11.3 Å². The second-order valence-electron chi connectivity index (χ2n) is 7.27. The number of carbonyl (C=O) groups excluding carboxylic acids is 3. The molecule has 7 heteroatoms. The highest BCUT2D eigenvalue weighted by Crippen LogP contribution is 2.28. The molecule has 0 radical (unpaired) electrons. The van der Waals surface area contributed by atoms with E-state index in [1.165, 1.54) is 11.3 Å². The first-order valence-electron chi connectivity index (χ1n) is 10.3. The highest BCUT2D eigenvalue weighted by molar-refractivity contribution is 7.12. The Kier molecular flexibility index (Phi) is 6.77. The lowest BCUT2D eigenvalue weighted by Gasteiger charge is -2.07. The zero-order chi connectivity index (χ0) is 22.3. The number of thiophene rings is 1. The smallest absolute Gasteiger partial charge is 0.226 e. The Bertz CT molecular complexity index is 1190. The van der Waals surface area contributed by atoms with E-state index in [2.05, 4.69) is 10.6 Å². The van der Waals surface area contributed by atoms with Crippen LogP contribution in [-0.4, -0.2) is 24.1 Å². The van der Waals surface area contributed by atoms with Gasteiger partial charge in [-0.25, -0.2) is 0 Å². The molecule has 0 aliphatic heterocycles. The second kappa shape index (κ2) is 10.1. The number of nitrogens with one attached hydrogen (secondary N) is 2. The van der Waals surface area contributed by atoms with E-state index in [1.54, 1.807) is 6.07 Å². The molecule has 32 heavy (non-hydrogen) atoms. The number of anilines is 1. The van der Waals surface area contributed by atoms with Crippen molar-refractivity contribution < 1.29 is 18.8 Å². The minimum absolute atomic E-state index is 0.0426. The SMILES string of the molecule is O=C(CCC(=O)c1cccs1)NCCC(=O)Nc1ccc(-c2cc3ccccc3o2)cc1. The summed E-state index contributed by atoms with van der Waals surface area (Å²) in [6.45, 7) is 0.217. The normalized spacial score (nSPS) is 10.8. The minimum atomic E-state index is -0.238. The van der Waals surface area contributed by atoms with Crippen LogP contribution >= 0.6 is 11.3 Å². The first-order valence-corrected chi connectivity index (χ1v) is 11.2. The number of hydrogen-bond acceptors (Lipinski definition) is 5. The van der Waals surface area contributed by atoms with Gasteiger partial charge >= 0.3 is 0 Å². The summed E-state index contributed by atoms with van der Waals surface area (Å²) in [5.74, 6) is 0.290. The van der Waals surface area contributed by atoms with Gasteiger partial charge in [-0.1, -0.05) is 24.3 Å². The van der Waals surface area contributed by atoms with Crippen molar-refractivity contribution in [3.05, 3.63) is 77.0 Å². The zero-order valence-electron chi connectivity index (χ0n) is 17.3. The van der Waals surface area contributed by atoms with Gasteiger partial charge in [-0.15, -0.1) is 11.3 Å². The number of ketones is 1. The van der Waals surface area contributed by atoms with Crippen LogP contribution in [0.15, 0.2) is 76.5 Å². The van der Waals surface area contributed by atoms with Crippen molar-refractivity contribution in [2.45, 2.75) is 19.3 Å². The zero-order valence-corrected chi connectivity index (χ0v) is 18.1. The summed E-state index contributed by atoms with van der Waals surface area (Å²) in [6.07, 6.45) is 0.424. The summed E-state index contributed by atoms with van der Waals surface area (Å²) in [5.41, 5.74) is 2.42. The third-order valence-electron chi connectivity index (χ3n) is 4.93. The fourth-order valence-electron chi connectivity index (χ4n) is 3.26. The molecule has 2 aromatic heterocycles. The highest BCUT2D eigenvalue weighted by Gasteiger charge is 2.11. The Morgan fingerprint density at radius 2 is 1.66 bits per heavy atom. The van der Waals surface area contributed by atoms with Crippen LogP contribution in [0.4, 0.5) is 5.69 Å². The summed E-state index contributed by atoms with van der Waals surface area (Å²) in [6, 6.07) is 20.8. The van der Waals surface area contributed by atoms with Gasteiger partial charge in [0.05, 0.1) is 4.88 Å². The van der Waals surface area contributed by atoms with Crippen LogP contribution in [0.1, 0.15) is 28.9 Å². The molecule has 2 N–H and O–H groups in total. The van der Waals surface area contributed by atoms with Gasteiger partial charge in [-0.2, -0.15) is 0 Å². The molecule has 0 aliphatic carbocycles. The topological polar surface area (TPSA) is 88.4 Å². The molecule has 0 aliphatic rings. The van der Waals surface area contributed by atoms with Crippen molar-refractivity contribution in [3.63, 3.8) is 0 Å². The molecule has 0 fully saturated rings. The van der Waals surface area contributed by atoms with Crippen molar-refractivity contribution >= 4 is 45.6 Å². The molecule has 0 saturated heterocycles. The van der Waals surface area contributed by atoms with Crippen LogP contribution in [0, 0.1) is 0 Å². The summed E-state index contributed by atoms with van der Waals surface area (Å²) in [7, 11) is 0. The van der Waals surface area contributed by atoms with Gasteiger partial charge in [0.25, 0.3) is 0 Å². The lowest BCUT2D eigenvalue weighted by atomic mass is 10.1.